The minimum atomic E-state index is 0.0414. The van der Waals surface area contributed by atoms with Crippen LogP contribution in [0.25, 0.3) is 0 Å². The Morgan fingerprint density at radius 2 is 2.38 bits per heavy atom. The molecule has 4 nitrogen and oxygen atoms in total. The third-order valence-corrected chi connectivity index (χ3v) is 2.97. The molecule has 1 saturated heterocycles. The smallest absolute Gasteiger partial charge is 0.250 e. The number of aromatic nitrogens is 1. The molecule has 1 atom stereocenters. The highest BCUT2D eigenvalue weighted by Gasteiger charge is 2.19. The summed E-state index contributed by atoms with van der Waals surface area (Å²) in [7, 11) is 0. The summed E-state index contributed by atoms with van der Waals surface area (Å²) in [4.78, 5) is 13.9. The van der Waals surface area contributed by atoms with E-state index in [2.05, 4.69) is 11.8 Å². The van der Waals surface area contributed by atoms with Gasteiger partial charge >= 0.3 is 0 Å². The minimum absolute atomic E-state index is 0.0414. The Labute approximate surface area is 95.4 Å². The lowest BCUT2D eigenvalue weighted by molar-refractivity contribution is -0.0347. The molecule has 0 saturated carbocycles. The maximum Gasteiger partial charge on any atom is 0.250 e. The van der Waals surface area contributed by atoms with Crippen molar-refractivity contribution in [3.8, 4) is 0 Å². The second-order valence-corrected chi connectivity index (χ2v) is 4.08. The van der Waals surface area contributed by atoms with Crippen LogP contribution in [0.4, 0.5) is 0 Å². The summed E-state index contributed by atoms with van der Waals surface area (Å²) >= 11 is 0. The maximum atomic E-state index is 11.5. The molecule has 2 rings (SSSR count). The summed E-state index contributed by atoms with van der Waals surface area (Å²) in [6.45, 7) is 6.52. The van der Waals surface area contributed by atoms with Gasteiger partial charge in [-0.15, -0.1) is 0 Å². The quantitative estimate of drug-likeness (QED) is 0.750. The monoisotopic (exact) mass is 222 g/mol. The van der Waals surface area contributed by atoms with Crippen LogP contribution >= 0.6 is 0 Å². The molecule has 0 spiro atoms. The van der Waals surface area contributed by atoms with Crippen LogP contribution < -0.4 is 5.56 Å². The highest BCUT2D eigenvalue weighted by atomic mass is 16.5. The first-order valence-corrected chi connectivity index (χ1v) is 5.79. The van der Waals surface area contributed by atoms with Crippen LogP contribution in [-0.2, 0) is 11.3 Å². The van der Waals surface area contributed by atoms with Gasteiger partial charge in [-0.2, -0.15) is 0 Å². The fourth-order valence-electron chi connectivity index (χ4n) is 2.01. The Balaban J connectivity index is 1.99. The zero-order valence-corrected chi connectivity index (χ0v) is 9.63. The van der Waals surface area contributed by atoms with E-state index >= 15 is 0 Å². The normalized spacial score (nSPS) is 22.2. The number of morpholine rings is 1. The SMILES string of the molecule is CCN1CCOC(Cn2ccccc2=O)C1. The lowest BCUT2D eigenvalue weighted by atomic mass is 10.2. The maximum absolute atomic E-state index is 11.5. The highest BCUT2D eigenvalue weighted by Crippen LogP contribution is 2.06. The van der Waals surface area contributed by atoms with Crippen LogP contribution in [0.1, 0.15) is 6.92 Å². The van der Waals surface area contributed by atoms with Crippen LogP contribution in [-0.4, -0.2) is 41.8 Å². The van der Waals surface area contributed by atoms with Gasteiger partial charge in [-0.1, -0.05) is 13.0 Å². The van der Waals surface area contributed by atoms with Gasteiger partial charge in [0.05, 0.1) is 19.3 Å². The number of ether oxygens (including phenoxy) is 1. The van der Waals surface area contributed by atoms with Crippen molar-refractivity contribution in [3.63, 3.8) is 0 Å². The number of hydrogen-bond acceptors (Lipinski definition) is 3. The van der Waals surface area contributed by atoms with Crippen LogP contribution in [0.2, 0.25) is 0 Å². The van der Waals surface area contributed by atoms with Crippen molar-refractivity contribution in [3.05, 3.63) is 34.7 Å². The van der Waals surface area contributed by atoms with Gasteiger partial charge in [0.2, 0.25) is 0 Å². The van der Waals surface area contributed by atoms with Gasteiger partial charge in [0, 0.05) is 25.4 Å². The van der Waals surface area contributed by atoms with Gasteiger partial charge in [-0.05, 0) is 12.6 Å². The van der Waals surface area contributed by atoms with E-state index in [-0.39, 0.29) is 11.7 Å². The van der Waals surface area contributed by atoms with Crippen molar-refractivity contribution < 1.29 is 4.74 Å². The molecular weight excluding hydrogens is 204 g/mol. The van der Waals surface area contributed by atoms with Crippen LogP contribution in [0.3, 0.4) is 0 Å². The molecule has 1 aliphatic heterocycles. The average Bonchev–Trinajstić information content (AvgIpc) is 2.32. The molecule has 1 unspecified atom stereocenters. The van der Waals surface area contributed by atoms with Crippen molar-refractivity contribution in [2.45, 2.75) is 19.6 Å². The molecule has 1 aromatic rings. The average molecular weight is 222 g/mol. The van der Waals surface area contributed by atoms with Gasteiger partial charge in [0.25, 0.3) is 5.56 Å². The second kappa shape index (κ2) is 5.27. The number of likely N-dealkylation sites (N-methyl/N-ethyl adjacent to an activating group) is 1. The van der Waals surface area contributed by atoms with Crippen molar-refractivity contribution >= 4 is 0 Å². The highest BCUT2D eigenvalue weighted by molar-refractivity contribution is 4.93. The molecule has 0 bridgehead atoms. The molecule has 0 amide bonds. The predicted octanol–water partition coefficient (Wildman–Crippen LogP) is 0.569. The molecule has 4 heteroatoms. The van der Waals surface area contributed by atoms with Gasteiger partial charge in [-0.25, -0.2) is 0 Å². The van der Waals surface area contributed by atoms with E-state index < -0.39 is 0 Å². The summed E-state index contributed by atoms with van der Waals surface area (Å²) in [6.07, 6.45) is 1.95. The van der Waals surface area contributed by atoms with Crippen molar-refractivity contribution in [1.82, 2.24) is 9.47 Å². The largest absolute Gasteiger partial charge is 0.374 e. The van der Waals surface area contributed by atoms with Crippen LogP contribution in [0.15, 0.2) is 29.2 Å². The lowest BCUT2D eigenvalue weighted by Crippen LogP contribution is -2.44. The summed E-state index contributed by atoms with van der Waals surface area (Å²) < 4.78 is 7.38. The van der Waals surface area contributed by atoms with E-state index in [0.717, 1.165) is 26.2 Å². The third kappa shape index (κ3) is 2.71. The van der Waals surface area contributed by atoms with Crippen molar-refractivity contribution in [1.29, 1.82) is 0 Å². The number of nitrogens with zero attached hydrogens (tertiary/aromatic N) is 2. The second-order valence-electron chi connectivity index (χ2n) is 4.08. The molecule has 88 valence electrons. The van der Waals surface area contributed by atoms with E-state index in [1.54, 1.807) is 16.7 Å². The van der Waals surface area contributed by atoms with Crippen molar-refractivity contribution in [2.75, 3.05) is 26.2 Å². The van der Waals surface area contributed by atoms with Crippen LogP contribution in [0.5, 0.6) is 0 Å². The lowest BCUT2D eigenvalue weighted by Gasteiger charge is -2.32. The Bertz CT molecular complexity index is 389. The zero-order chi connectivity index (χ0) is 11.4. The fourth-order valence-corrected chi connectivity index (χ4v) is 2.01. The molecule has 16 heavy (non-hydrogen) atoms. The van der Waals surface area contributed by atoms with E-state index in [4.69, 9.17) is 4.74 Å². The first-order valence-electron chi connectivity index (χ1n) is 5.79. The van der Waals surface area contributed by atoms with E-state index in [0.29, 0.717) is 6.54 Å². The minimum Gasteiger partial charge on any atom is -0.374 e. The van der Waals surface area contributed by atoms with E-state index in [1.165, 1.54) is 0 Å². The molecule has 1 aromatic heterocycles. The molecule has 0 N–H and O–H groups in total. The first kappa shape index (κ1) is 11.4. The third-order valence-electron chi connectivity index (χ3n) is 2.97. The Morgan fingerprint density at radius 1 is 1.50 bits per heavy atom. The Kier molecular flexibility index (Phi) is 3.74. The van der Waals surface area contributed by atoms with Crippen molar-refractivity contribution in [2.24, 2.45) is 0 Å². The standard InChI is InChI=1S/C12H18N2O2/c1-2-13-7-8-16-11(9-13)10-14-6-4-3-5-12(14)15/h3-6,11H,2,7-10H2,1H3. The summed E-state index contributed by atoms with van der Waals surface area (Å²) in [5, 5.41) is 0. The molecule has 0 aromatic carbocycles. The summed E-state index contributed by atoms with van der Waals surface area (Å²) in [5.41, 5.74) is 0.0414. The van der Waals surface area contributed by atoms with Gasteiger partial charge < -0.3 is 9.30 Å². The van der Waals surface area contributed by atoms with Gasteiger partial charge in [0.15, 0.2) is 0 Å². The topological polar surface area (TPSA) is 34.5 Å². The van der Waals surface area contributed by atoms with Gasteiger partial charge in [-0.3, -0.25) is 9.69 Å². The predicted molar refractivity (Wildman–Crippen MR) is 62.6 cm³/mol. The van der Waals surface area contributed by atoms with Crippen LogP contribution in [0, 0.1) is 0 Å². The van der Waals surface area contributed by atoms with E-state index in [9.17, 15) is 4.79 Å². The molecular formula is C12H18N2O2. The number of hydrogen-bond donors (Lipinski definition) is 0. The molecule has 0 radical (unpaired) electrons. The Morgan fingerprint density at radius 3 is 3.12 bits per heavy atom. The molecule has 0 aliphatic carbocycles. The molecule has 2 heterocycles. The zero-order valence-electron chi connectivity index (χ0n) is 9.63. The summed E-state index contributed by atoms with van der Waals surface area (Å²) in [5.74, 6) is 0. The molecule has 1 fully saturated rings. The first-order chi connectivity index (χ1) is 7.79. The summed E-state index contributed by atoms with van der Waals surface area (Å²) in [6, 6.07) is 5.22. The Hall–Kier alpha value is -1.13. The molecule has 1 aliphatic rings. The number of pyridine rings is 1. The fraction of sp³-hybridized carbons (Fsp3) is 0.583. The van der Waals surface area contributed by atoms with Gasteiger partial charge in [0.1, 0.15) is 0 Å². The number of rotatable bonds is 3. The van der Waals surface area contributed by atoms with E-state index in [1.807, 2.05) is 12.3 Å².